The van der Waals surface area contributed by atoms with Gasteiger partial charge in [-0.05, 0) is 85.8 Å². The van der Waals surface area contributed by atoms with Gasteiger partial charge in [-0.1, -0.05) is 34.8 Å². The number of benzene rings is 1. The number of halogens is 3. The molecule has 2 unspecified atom stereocenters. The zero-order valence-electron chi connectivity index (χ0n) is 19.3. The Bertz CT molecular complexity index is 1010. The van der Waals surface area contributed by atoms with E-state index in [1.54, 1.807) is 0 Å². The third kappa shape index (κ3) is 4.62. The molecule has 4 bridgehead atoms. The lowest BCUT2D eigenvalue weighted by molar-refractivity contribution is -0.147. The summed E-state index contributed by atoms with van der Waals surface area (Å²) in [6, 6.07) is 3.00. The topological polar surface area (TPSA) is 119 Å². The van der Waals surface area contributed by atoms with Gasteiger partial charge in [-0.2, -0.15) is 4.31 Å². The first-order valence-electron chi connectivity index (χ1n) is 12.0. The molecule has 0 spiro atoms. The molecule has 1 aliphatic heterocycles. The van der Waals surface area contributed by atoms with Crippen LogP contribution in [0.3, 0.4) is 0 Å². The quantitative estimate of drug-likeness (QED) is 0.402. The SMILES string of the molecule is NC(=O)C12CC3CC(C1)C(NC(=O)CN1CCCCN(c4c(Cl)cc(Cl)cc4Cl)S1(O)O)C(C3)C2. The second kappa shape index (κ2) is 9.42. The Morgan fingerprint density at radius 1 is 1.06 bits per heavy atom. The molecule has 2 amide bonds. The summed E-state index contributed by atoms with van der Waals surface area (Å²) in [5.74, 6) is 0.481. The fourth-order valence-electron chi connectivity index (χ4n) is 7.05. The number of anilines is 1. The standard InChI is InChI=1S/C23H31Cl3N4O4S/c24-16-7-17(25)21(18(26)8-16)30-4-2-1-3-29(35(30,33)34)12-19(31)28-20-14-5-13-6-15(20)11-23(9-13,10-14)22(27)32/h7-8,13-15,20,33-34H,1-6,9-12H2,(H2,27,32)(H,28,31). The number of rotatable bonds is 5. The summed E-state index contributed by atoms with van der Waals surface area (Å²) in [7, 11) is -3.56. The molecular weight excluding hydrogens is 535 g/mol. The highest BCUT2D eigenvalue weighted by atomic mass is 35.5. The normalized spacial score (nSPS) is 34.9. The predicted octanol–water partition coefficient (Wildman–Crippen LogP) is 4.93. The molecular formula is C23H31Cl3N4O4S. The van der Waals surface area contributed by atoms with Gasteiger partial charge in [-0.3, -0.25) is 23.0 Å². The average Bonchev–Trinajstić information content (AvgIpc) is 2.88. The van der Waals surface area contributed by atoms with Crippen LogP contribution < -0.4 is 15.4 Å². The van der Waals surface area contributed by atoms with E-state index in [-0.39, 0.29) is 46.3 Å². The zero-order chi connectivity index (χ0) is 25.1. The lowest BCUT2D eigenvalue weighted by Crippen LogP contribution is -2.62. The molecule has 8 nitrogen and oxygen atoms in total. The Kier molecular flexibility index (Phi) is 6.92. The second-order valence-corrected chi connectivity index (χ2v) is 13.8. The van der Waals surface area contributed by atoms with Gasteiger partial charge in [0.2, 0.25) is 11.8 Å². The number of amides is 2. The highest BCUT2D eigenvalue weighted by molar-refractivity contribution is 8.23. The number of carbonyl (C=O) groups excluding carboxylic acids is 2. The maximum atomic E-state index is 13.2. The largest absolute Gasteiger partial charge is 0.369 e. The fourth-order valence-corrected chi connectivity index (χ4v) is 9.93. The van der Waals surface area contributed by atoms with E-state index in [1.165, 1.54) is 20.7 Å². The van der Waals surface area contributed by atoms with Crippen molar-refractivity contribution in [1.82, 2.24) is 9.62 Å². The highest BCUT2D eigenvalue weighted by Crippen LogP contribution is 2.60. The van der Waals surface area contributed by atoms with Gasteiger partial charge >= 0.3 is 0 Å². The van der Waals surface area contributed by atoms with Gasteiger partial charge in [-0.15, -0.1) is 0 Å². The van der Waals surface area contributed by atoms with Crippen molar-refractivity contribution in [3.63, 3.8) is 0 Å². The van der Waals surface area contributed by atoms with Gasteiger partial charge in [0.1, 0.15) is 0 Å². The van der Waals surface area contributed by atoms with E-state index < -0.39 is 16.4 Å². The Labute approximate surface area is 222 Å². The maximum Gasteiger partial charge on any atom is 0.236 e. The number of primary amides is 1. The molecule has 1 aromatic carbocycles. The Balaban J connectivity index is 1.31. The molecule has 6 rings (SSSR count). The molecule has 0 radical (unpaired) electrons. The second-order valence-electron chi connectivity index (χ2n) is 10.6. The molecule has 1 saturated heterocycles. The van der Waals surface area contributed by atoms with Crippen molar-refractivity contribution in [3.8, 4) is 0 Å². The monoisotopic (exact) mass is 564 g/mol. The van der Waals surface area contributed by atoms with Crippen LogP contribution in [0.4, 0.5) is 5.69 Å². The maximum absolute atomic E-state index is 13.2. The third-order valence-electron chi connectivity index (χ3n) is 8.34. The predicted molar refractivity (Wildman–Crippen MR) is 140 cm³/mol. The van der Waals surface area contributed by atoms with Gasteiger partial charge in [-0.25, -0.2) is 0 Å². The number of nitrogens with one attached hydrogen (secondary N) is 1. The summed E-state index contributed by atoms with van der Waals surface area (Å²) in [6.07, 6.45) is 5.66. The summed E-state index contributed by atoms with van der Waals surface area (Å²) in [6.45, 7) is 0.506. The van der Waals surface area contributed by atoms with Gasteiger partial charge in [0.25, 0.3) is 0 Å². The van der Waals surface area contributed by atoms with Crippen molar-refractivity contribution in [3.05, 3.63) is 27.2 Å². The van der Waals surface area contributed by atoms with Crippen LogP contribution in [0, 0.1) is 23.2 Å². The van der Waals surface area contributed by atoms with E-state index in [4.69, 9.17) is 40.5 Å². The highest BCUT2D eigenvalue weighted by Gasteiger charge is 2.58. The summed E-state index contributed by atoms with van der Waals surface area (Å²) < 4.78 is 25.4. The lowest BCUT2D eigenvalue weighted by Gasteiger charge is -2.59. The van der Waals surface area contributed by atoms with E-state index in [9.17, 15) is 18.7 Å². The zero-order valence-corrected chi connectivity index (χ0v) is 22.3. The number of nitrogens with two attached hydrogens (primary N) is 1. The van der Waals surface area contributed by atoms with Crippen LogP contribution in [0.15, 0.2) is 12.1 Å². The minimum Gasteiger partial charge on any atom is -0.369 e. The van der Waals surface area contributed by atoms with Gasteiger partial charge < -0.3 is 11.1 Å². The summed E-state index contributed by atoms with van der Waals surface area (Å²) in [5.41, 5.74) is 5.65. The number of nitrogens with zero attached hydrogens (tertiary/aromatic N) is 2. The summed E-state index contributed by atoms with van der Waals surface area (Å²) in [4.78, 5) is 25.4. The lowest BCUT2D eigenvalue weighted by atomic mass is 9.47. The summed E-state index contributed by atoms with van der Waals surface area (Å²) in [5, 5.41) is 3.95. The molecule has 0 aromatic heterocycles. The average molecular weight is 566 g/mol. The van der Waals surface area contributed by atoms with Crippen LogP contribution in [0.5, 0.6) is 0 Å². The van der Waals surface area contributed by atoms with Crippen molar-refractivity contribution >= 4 is 63.3 Å². The van der Waals surface area contributed by atoms with Gasteiger partial charge in [0.15, 0.2) is 0 Å². The minimum absolute atomic E-state index is 0.0171. The number of carbonyl (C=O) groups is 2. The van der Waals surface area contributed by atoms with Crippen LogP contribution in [0.1, 0.15) is 44.9 Å². The van der Waals surface area contributed by atoms with Gasteiger partial charge in [0, 0.05) is 29.6 Å². The molecule has 5 fully saturated rings. The number of hydrogen-bond donors (Lipinski definition) is 4. The molecule has 4 saturated carbocycles. The molecule has 1 aromatic rings. The molecule has 1 heterocycles. The first-order valence-corrected chi connectivity index (χ1v) is 14.6. The molecule has 35 heavy (non-hydrogen) atoms. The van der Waals surface area contributed by atoms with Crippen LogP contribution in [-0.4, -0.2) is 50.9 Å². The van der Waals surface area contributed by atoms with E-state index >= 15 is 0 Å². The molecule has 2 atom stereocenters. The van der Waals surface area contributed by atoms with Gasteiger partial charge in [0.05, 0.1) is 22.3 Å². The van der Waals surface area contributed by atoms with Crippen LogP contribution >= 0.6 is 45.8 Å². The van der Waals surface area contributed by atoms with Crippen LogP contribution in [0.2, 0.25) is 15.1 Å². The fraction of sp³-hybridized carbons (Fsp3) is 0.652. The van der Waals surface area contributed by atoms with Crippen molar-refractivity contribution in [2.75, 3.05) is 23.9 Å². The first kappa shape index (κ1) is 25.7. The summed E-state index contributed by atoms with van der Waals surface area (Å²) >= 11 is 18.8. The van der Waals surface area contributed by atoms with Crippen molar-refractivity contribution in [2.24, 2.45) is 28.9 Å². The molecule has 5 aliphatic rings. The molecule has 194 valence electrons. The molecule has 5 N–H and O–H groups in total. The minimum atomic E-state index is -3.56. The van der Waals surface area contributed by atoms with Crippen molar-refractivity contribution < 1.29 is 18.7 Å². The first-order chi connectivity index (χ1) is 16.5. The van der Waals surface area contributed by atoms with E-state index in [0.29, 0.717) is 42.6 Å². The van der Waals surface area contributed by atoms with E-state index in [2.05, 4.69) is 5.32 Å². The van der Waals surface area contributed by atoms with E-state index in [0.717, 1.165) is 32.1 Å². The van der Waals surface area contributed by atoms with Crippen molar-refractivity contribution in [1.29, 1.82) is 0 Å². The Hall–Kier alpha value is -0.940. The van der Waals surface area contributed by atoms with Crippen LogP contribution in [-0.2, 0) is 9.59 Å². The van der Waals surface area contributed by atoms with Crippen molar-refractivity contribution in [2.45, 2.75) is 51.0 Å². The third-order valence-corrected chi connectivity index (χ3v) is 11.1. The smallest absolute Gasteiger partial charge is 0.236 e. The van der Waals surface area contributed by atoms with Crippen LogP contribution in [0.25, 0.3) is 0 Å². The number of hydrogen-bond acceptors (Lipinski definition) is 6. The molecule has 4 aliphatic carbocycles. The molecule has 12 heteroatoms. The Morgan fingerprint density at radius 3 is 2.26 bits per heavy atom. The Morgan fingerprint density at radius 2 is 1.66 bits per heavy atom. The van der Waals surface area contributed by atoms with E-state index in [1.807, 2.05) is 0 Å².